The summed E-state index contributed by atoms with van der Waals surface area (Å²) < 4.78 is 0. The molecule has 0 aliphatic heterocycles. The summed E-state index contributed by atoms with van der Waals surface area (Å²) in [6, 6.07) is 2.36. The van der Waals surface area contributed by atoms with E-state index in [2.05, 4.69) is 0 Å². The standard InChI is InChI=1S/C18H24N2O6/c1-3-5-8-13(7-4-2)16-11-14(19(23)24)12-17(20(25)26)15(16)9-6-10-18(21)22/h6,10-13H,3-5,7-9H2,1-2H3,(H,21,22)/b10-6+. The fourth-order valence-electron chi connectivity index (χ4n) is 3.05. The number of carboxylic acids is 1. The summed E-state index contributed by atoms with van der Waals surface area (Å²) in [7, 11) is 0. The Kier molecular flexibility index (Phi) is 8.41. The Morgan fingerprint density at radius 3 is 2.35 bits per heavy atom. The lowest BCUT2D eigenvalue weighted by Gasteiger charge is -2.19. The summed E-state index contributed by atoms with van der Waals surface area (Å²) in [6.45, 7) is 4.03. The van der Waals surface area contributed by atoms with Gasteiger partial charge in [0.1, 0.15) is 0 Å². The van der Waals surface area contributed by atoms with Gasteiger partial charge in [0.05, 0.1) is 15.9 Å². The minimum absolute atomic E-state index is 0.0354. The van der Waals surface area contributed by atoms with Crippen LogP contribution in [0.5, 0.6) is 0 Å². The highest BCUT2D eigenvalue weighted by atomic mass is 16.6. The van der Waals surface area contributed by atoms with Crippen LogP contribution in [0.2, 0.25) is 0 Å². The molecule has 1 rings (SSSR count). The summed E-state index contributed by atoms with van der Waals surface area (Å²) in [5, 5.41) is 31.5. The van der Waals surface area contributed by atoms with Crippen molar-refractivity contribution in [3.63, 3.8) is 0 Å². The van der Waals surface area contributed by atoms with Crippen LogP contribution in [-0.4, -0.2) is 20.9 Å². The molecular weight excluding hydrogens is 340 g/mol. The number of nitrogens with zero attached hydrogens (tertiary/aromatic N) is 2. The first-order valence-corrected chi connectivity index (χ1v) is 8.66. The van der Waals surface area contributed by atoms with Crippen LogP contribution in [0.3, 0.4) is 0 Å². The van der Waals surface area contributed by atoms with Gasteiger partial charge < -0.3 is 5.11 Å². The molecule has 26 heavy (non-hydrogen) atoms. The molecule has 0 spiro atoms. The maximum absolute atomic E-state index is 11.5. The molecule has 1 aromatic rings. The molecule has 1 aromatic carbocycles. The number of aliphatic carboxylic acids is 1. The molecule has 0 bridgehead atoms. The second-order valence-corrected chi connectivity index (χ2v) is 6.12. The largest absolute Gasteiger partial charge is 0.478 e. The van der Waals surface area contributed by atoms with Crippen LogP contribution in [0.4, 0.5) is 11.4 Å². The Labute approximate surface area is 151 Å². The quantitative estimate of drug-likeness (QED) is 0.343. The molecule has 0 fully saturated rings. The van der Waals surface area contributed by atoms with E-state index < -0.39 is 15.8 Å². The monoisotopic (exact) mass is 364 g/mol. The van der Waals surface area contributed by atoms with E-state index >= 15 is 0 Å². The van der Waals surface area contributed by atoms with Gasteiger partial charge in [-0.15, -0.1) is 0 Å². The van der Waals surface area contributed by atoms with Crippen molar-refractivity contribution in [3.05, 3.63) is 55.6 Å². The number of hydrogen-bond donors (Lipinski definition) is 1. The van der Waals surface area contributed by atoms with Gasteiger partial charge in [-0.1, -0.05) is 39.2 Å². The average Bonchev–Trinajstić information content (AvgIpc) is 2.57. The van der Waals surface area contributed by atoms with Crippen LogP contribution in [-0.2, 0) is 11.2 Å². The second kappa shape index (κ2) is 10.3. The van der Waals surface area contributed by atoms with E-state index in [4.69, 9.17) is 5.11 Å². The third-order valence-electron chi connectivity index (χ3n) is 4.22. The average molecular weight is 364 g/mol. The number of non-ortho nitro benzene ring substituents is 1. The van der Waals surface area contributed by atoms with Crippen molar-refractivity contribution < 1.29 is 19.7 Å². The van der Waals surface area contributed by atoms with Gasteiger partial charge in [-0.3, -0.25) is 20.2 Å². The highest BCUT2D eigenvalue weighted by Gasteiger charge is 2.26. The van der Waals surface area contributed by atoms with E-state index in [1.807, 2.05) is 13.8 Å². The predicted octanol–water partition coefficient (Wildman–Crippen LogP) is 4.76. The lowest BCUT2D eigenvalue weighted by molar-refractivity contribution is -0.394. The summed E-state index contributed by atoms with van der Waals surface area (Å²) in [6.07, 6.45) is 6.54. The van der Waals surface area contributed by atoms with Gasteiger partial charge in [-0.2, -0.15) is 0 Å². The molecule has 0 aliphatic rings. The number of nitro benzene ring substituents is 2. The number of carboxylic acid groups (broad SMARTS) is 1. The molecule has 1 unspecified atom stereocenters. The van der Waals surface area contributed by atoms with Crippen molar-refractivity contribution in [2.45, 2.75) is 58.3 Å². The molecular formula is C18H24N2O6. The number of unbranched alkanes of at least 4 members (excludes halogenated alkanes) is 1. The van der Waals surface area contributed by atoms with E-state index in [-0.39, 0.29) is 23.7 Å². The number of hydrogen-bond acceptors (Lipinski definition) is 5. The molecule has 8 nitrogen and oxygen atoms in total. The Morgan fingerprint density at radius 2 is 1.85 bits per heavy atom. The van der Waals surface area contributed by atoms with E-state index in [1.54, 1.807) is 0 Å². The van der Waals surface area contributed by atoms with E-state index in [0.29, 0.717) is 11.1 Å². The minimum Gasteiger partial charge on any atom is -0.478 e. The SMILES string of the molecule is CCCCC(CCC)c1cc([N+](=O)[O-])cc([N+](=O)[O-])c1C/C=C/C(=O)O. The number of nitro groups is 2. The van der Waals surface area contributed by atoms with Crippen molar-refractivity contribution in [3.8, 4) is 0 Å². The molecule has 0 heterocycles. The lowest BCUT2D eigenvalue weighted by atomic mass is 9.84. The molecule has 8 heteroatoms. The third-order valence-corrected chi connectivity index (χ3v) is 4.22. The molecule has 0 saturated heterocycles. The number of carbonyl (C=O) groups is 1. The van der Waals surface area contributed by atoms with Crippen LogP contribution in [0, 0.1) is 20.2 Å². The minimum atomic E-state index is -1.15. The van der Waals surface area contributed by atoms with Crippen LogP contribution in [0.1, 0.15) is 63.0 Å². The smallest absolute Gasteiger partial charge is 0.327 e. The Balaban J connectivity index is 3.54. The van der Waals surface area contributed by atoms with Crippen molar-refractivity contribution in [2.24, 2.45) is 0 Å². The van der Waals surface area contributed by atoms with Crippen molar-refractivity contribution in [1.29, 1.82) is 0 Å². The molecule has 0 amide bonds. The Morgan fingerprint density at radius 1 is 1.15 bits per heavy atom. The second-order valence-electron chi connectivity index (χ2n) is 6.12. The molecule has 0 radical (unpaired) electrons. The van der Waals surface area contributed by atoms with Gasteiger partial charge in [-0.05, 0) is 30.7 Å². The third kappa shape index (κ3) is 5.94. The number of allylic oxidation sites excluding steroid dienone is 1. The first-order chi connectivity index (χ1) is 12.3. The topological polar surface area (TPSA) is 124 Å². The lowest BCUT2D eigenvalue weighted by Crippen LogP contribution is -2.08. The van der Waals surface area contributed by atoms with Crippen molar-refractivity contribution >= 4 is 17.3 Å². The van der Waals surface area contributed by atoms with E-state index in [1.165, 1.54) is 12.1 Å². The zero-order valence-corrected chi connectivity index (χ0v) is 15.0. The highest BCUT2D eigenvalue weighted by Crippen LogP contribution is 2.37. The van der Waals surface area contributed by atoms with Crippen LogP contribution in [0.15, 0.2) is 24.3 Å². The summed E-state index contributed by atoms with van der Waals surface area (Å²) >= 11 is 0. The van der Waals surface area contributed by atoms with Crippen LogP contribution < -0.4 is 0 Å². The maximum atomic E-state index is 11.5. The van der Waals surface area contributed by atoms with E-state index in [0.717, 1.165) is 44.2 Å². The number of benzene rings is 1. The van der Waals surface area contributed by atoms with E-state index in [9.17, 15) is 25.0 Å². The summed E-state index contributed by atoms with van der Waals surface area (Å²) in [4.78, 5) is 32.2. The highest BCUT2D eigenvalue weighted by molar-refractivity contribution is 5.79. The summed E-state index contributed by atoms with van der Waals surface area (Å²) in [5.74, 6) is -1.18. The van der Waals surface area contributed by atoms with Crippen molar-refractivity contribution in [2.75, 3.05) is 0 Å². The van der Waals surface area contributed by atoms with Crippen LogP contribution >= 0.6 is 0 Å². The van der Waals surface area contributed by atoms with Gasteiger partial charge >= 0.3 is 5.97 Å². The van der Waals surface area contributed by atoms with Crippen molar-refractivity contribution in [1.82, 2.24) is 0 Å². The fourth-order valence-corrected chi connectivity index (χ4v) is 3.05. The predicted molar refractivity (Wildman–Crippen MR) is 97.4 cm³/mol. The molecule has 0 aliphatic carbocycles. The van der Waals surface area contributed by atoms with Gasteiger partial charge in [-0.25, -0.2) is 4.79 Å². The number of rotatable bonds is 11. The molecule has 142 valence electrons. The van der Waals surface area contributed by atoms with Gasteiger partial charge in [0.15, 0.2) is 0 Å². The van der Waals surface area contributed by atoms with Gasteiger partial charge in [0, 0.05) is 17.7 Å². The summed E-state index contributed by atoms with van der Waals surface area (Å²) in [5.41, 5.74) is 0.293. The Hall–Kier alpha value is -2.77. The molecule has 1 N–H and O–H groups in total. The molecule has 0 saturated carbocycles. The zero-order chi connectivity index (χ0) is 19.7. The Bertz CT molecular complexity index is 699. The first kappa shape index (κ1) is 21.3. The molecule has 0 aromatic heterocycles. The molecule has 1 atom stereocenters. The fraction of sp³-hybridized carbons (Fsp3) is 0.500. The van der Waals surface area contributed by atoms with Gasteiger partial charge in [0.25, 0.3) is 11.4 Å². The van der Waals surface area contributed by atoms with Crippen LogP contribution in [0.25, 0.3) is 0 Å². The normalized spacial score (nSPS) is 12.2. The maximum Gasteiger partial charge on any atom is 0.327 e. The zero-order valence-electron chi connectivity index (χ0n) is 15.0. The van der Waals surface area contributed by atoms with Gasteiger partial charge in [0.2, 0.25) is 0 Å². The first-order valence-electron chi connectivity index (χ1n) is 8.66.